The number of amides is 1. The lowest BCUT2D eigenvalue weighted by Crippen LogP contribution is -2.41. The minimum Gasteiger partial charge on any atom is -0.497 e. The quantitative estimate of drug-likeness (QED) is 0.700. The lowest BCUT2D eigenvalue weighted by Gasteiger charge is -2.41. The van der Waals surface area contributed by atoms with Crippen molar-refractivity contribution in [2.75, 3.05) is 53.1 Å². The van der Waals surface area contributed by atoms with Crippen molar-refractivity contribution in [3.8, 4) is 17.2 Å². The van der Waals surface area contributed by atoms with E-state index in [1.807, 2.05) is 41.3 Å². The molecule has 0 radical (unpaired) electrons. The molecule has 1 N–H and O–H groups in total. The maximum Gasteiger partial charge on any atom is 0.260 e. The van der Waals surface area contributed by atoms with Crippen molar-refractivity contribution in [3.05, 3.63) is 54.1 Å². The molecular weight excluding hydrogens is 444 g/mol. The highest BCUT2D eigenvalue weighted by atomic mass is 16.5. The van der Waals surface area contributed by atoms with Crippen molar-refractivity contribution in [2.24, 2.45) is 5.41 Å². The van der Waals surface area contributed by atoms with E-state index in [1.54, 1.807) is 13.2 Å². The Balaban J connectivity index is 1.43. The van der Waals surface area contributed by atoms with Crippen LogP contribution in [0, 0.1) is 5.41 Å². The molecule has 35 heavy (non-hydrogen) atoms. The van der Waals surface area contributed by atoms with E-state index in [0.29, 0.717) is 31.2 Å². The first-order chi connectivity index (χ1) is 17.1. The van der Waals surface area contributed by atoms with E-state index in [1.165, 1.54) is 0 Å². The van der Waals surface area contributed by atoms with Gasteiger partial charge in [0.25, 0.3) is 5.91 Å². The van der Waals surface area contributed by atoms with Crippen molar-refractivity contribution in [2.45, 2.75) is 38.6 Å². The maximum absolute atomic E-state index is 13.1. The molecule has 2 aromatic rings. The molecule has 3 heterocycles. The third-order valence-electron chi connectivity index (χ3n) is 7.38. The Kier molecular flexibility index (Phi) is 8.88. The number of para-hydroxylation sites is 1. The van der Waals surface area contributed by atoms with Crippen LogP contribution >= 0.6 is 0 Å². The van der Waals surface area contributed by atoms with Gasteiger partial charge in [0.15, 0.2) is 6.61 Å². The number of rotatable bonds is 5. The molecule has 5 rings (SSSR count). The maximum atomic E-state index is 13.1. The number of fused-ring (bicyclic) bond motifs is 9. The summed E-state index contributed by atoms with van der Waals surface area (Å²) in [4.78, 5) is 17.4. The third kappa shape index (κ3) is 6.89. The highest BCUT2D eigenvalue weighted by Crippen LogP contribution is 2.37. The van der Waals surface area contributed by atoms with E-state index in [-0.39, 0.29) is 24.5 Å². The van der Waals surface area contributed by atoms with Gasteiger partial charge in [-0.15, -0.1) is 0 Å². The number of carbonyl (C=O) groups excluding carboxylic acids is 1. The molecule has 0 unspecified atom stereocenters. The molecule has 1 amide bonds. The van der Waals surface area contributed by atoms with Gasteiger partial charge >= 0.3 is 0 Å². The fourth-order valence-corrected chi connectivity index (χ4v) is 5.05. The van der Waals surface area contributed by atoms with Crippen LogP contribution < -0.4 is 14.2 Å². The largest absolute Gasteiger partial charge is 0.497 e. The van der Waals surface area contributed by atoms with E-state index >= 15 is 0 Å². The number of piperidine rings is 1. The van der Waals surface area contributed by atoms with Crippen LogP contribution in [0.5, 0.6) is 17.2 Å². The second-order valence-electron chi connectivity index (χ2n) is 9.70. The summed E-state index contributed by atoms with van der Waals surface area (Å²) in [5, 5.41) is 10.2. The van der Waals surface area contributed by atoms with Gasteiger partial charge in [0, 0.05) is 31.3 Å². The molecule has 3 aliphatic rings. The summed E-state index contributed by atoms with van der Waals surface area (Å²) in [6, 6.07) is 15.4. The predicted octanol–water partition coefficient (Wildman–Crippen LogP) is 3.74. The molecule has 7 nitrogen and oxygen atoms in total. The second-order valence-corrected chi connectivity index (χ2v) is 9.70. The Morgan fingerprint density at radius 1 is 1.00 bits per heavy atom. The molecule has 0 aromatic heterocycles. The van der Waals surface area contributed by atoms with Gasteiger partial charge in [-0.3, -0.25) is 9.69 Å². The van der Waals surface area contributed by atoms with Crippen molar-refractivity contribution in [1.82, 2.24) is 9.80 Å². The highest BCUT2D eigenvalue weighted by molar-refractivity contribution is 5.77. The van der Waals surface area contributed by atoms with Gasteiger partial charge in [-0.25, -0.2) is 0 Å². The van der Waals surface area contributed by atoms with Gasteiger partial charge in [0.1, 0.15) is 23.9 Å². The molecule has 2 bridgehead atoms. The van der Waals surface area contributed by atoms with Crippen molar-refractivity contribution >= 4 is 5.91 Å². The van der Waals surface area contributed by atoms with Crippen LogP contribution in [0.3, 0.4) is 0 Å². The smallest absolute Gasteiger partial charge is 0.260 e. The van der Waals surface area contributed by atoms with Crippen LogP contribution in [0.25, 0.3) is 0 Å². The van der Waals surface area contributed by atoms with Gasteiger partial charge in [0.2, 0.25) is 0 Å². The molecule has 7 heteroatoms. The monoisotopic (exact) mass is 482 g/mol. The summed E-state index contributed by atoms with van der Waals surface area (Å²) >= 11 is 0. The summed E-state index contributed by atoms with van der Waals surface area (Å²) in [7, 11) is 1.61. The zero-order chi connectivity index (χ0) is 24.5. The van der Waals surface area contributed by atoms with Gasteiger partial charge in [-0.2, -0.15) is 0 Å². The molecule has 1 fully saturated rings. The van der Waals surface area contributed by atoms with E-state index in [0.717, 1.165) is 63.1 Å². The summed E-state index contributed by atoms with van der Waals surface area (Å²) in [6.07, 6.45) is 4.88. The molecule has 1 saturated heterocycles. The van der Waals surface area contributed by atoms with Gasteiger partial charge in [0.05, 0.1) is 13.7 Å². The van der Waals surface area contributed by atoms with E-state index in [2.05, 4.69) is 11.0 Å². The van der Waals surface area contributed by atoms with Crippen LogP contribution in [-0.2, 0) is 11.3 Å². The average molecular weight is 483 g/mol. The van der Waals surface area contributed by atoms with Crippen LogP contribution in [0.2, 0.25) is 0 Å². The van der Waals surface area contributed by atoms with E-state index in [4.69, 9.17) is 14.2 Å². The molecule has 3 aliphatic heterocycles. The van der Waals surface area contributed by atoms with Gasteiger partial charge < -0.3 is 24.2 Å². The zero-order valence-corrected chi connectivity index (χ0v) is 20.8. The summed E-state index contributed by atoms with van der Waals surface area (Å²) < 4.78 is 17.2. The Hall–Kier alpha value is -2.77. The predicted molar refractivity (Wildman–Crippen MR) is 135 cm³/mol. The molecule has 190 valence electrons. The van der Waals surface area contributed by atoms with Crippen LogP contribution in [0.15, 0.2) is 48.5 Å². The number of hydrogen-bond donors (Lipinski definition) is 1. The van der Waals surface area contributed by atoms with Gasteiger partial charge in [-0.1, -0.05) is 30.7 Å². The number of aliphatic hydroxyl groups is 1. The fourth-order valence-electron chi connectivity index (χ4n) is 5.05. The van der Waals surface area contributed by atoms with Gasteiger partial charge in [-0.05, 0) is 62.4 Å². The topological polar surface area (TPSA) is 71.5 Å². The number of benzene rings is 2. The SMILES string of the molecule is COc1cccc(OCC(=O)N2CCCCC3(CO)CCN(CC3)Cc3ccccc3OCC2)c1. The first kappa shape index (κ1) is 25.3. The Morgan fingerprint density at radius 2 is 1.80 bits per heavy atom. The Labute approximate surface area is 208 Å². The minimum atomic E-state index is -0.0575. The van der Waals surface area contributed by atoms with Crippen LogP contribution in [-0.4, -0.2) is 73.9 Å². The third-order valence-corrected chi connectivity index (χ3v) is 7.38. The number of carbonyl (C=O) groups is 1. The van der Waals surface area contributed by atoms with E-state index in [9.17, 15) is 9.90 Å². The molecule has 0 saturated carbocycles. The lowest BCUT2D eigenvalue weighted by molar-refractivity contribution is -0.133. The summed E-state index contributed by atoms with van der Waals surface area (Å²) in [5.74, 6) is 2.12. The number of aliphatic hydroxyl groups excluding tert-OH is 1. The van der Waals surface area contributed by atoms with Crippen molar-refractivity contribution in [1.29, 1.82) is 0 Å². The lowest BCUT2D eigenvalue weighted by atomic mass is 9.75. The first-order valence-electron chi connectivity index (χ1n) is 12.7. The Bertz CT molecular complexity index is 958. The van der Waals surface area contributed by atoms with Crippen molar-refractivity contribution in [3.63, 3.8) is 0 Å². The minimum absolute atomic E-state index is 0.00296. The van der Waals surface area contributed by atoms with Crippen LogP contribution in [0.4, 0.5) is 0 Å². The Morgan fingerprint density at radius 3 is 2.60 bits per heavy atom. The second kappa shape index (κ2) is 12.3. The first-order valence-corrected chi connectivity index (χ1v) is 12.7. The normalized spacial score (nSPS) is 23.4. The molecule has 2 aromatic carbocycles. The molecular formula is C28H38N2O5. The number of hydrogen-bond acceptors (Lipinski definition) is 6. The van der Waals surface area contributed by atoms with Crippen LogP contribution in [0.1, 0.15) is 37.7 Å². The number of ether oxygens (including phenoxy) is 3. The molecule has 0 atom stereocenters. The number of methoxy groups -OCH3 is 1. The average Bonchev–Trinajstić information content (AvgIpc) is 2.91. The molecule has 0 spiro atoms. The molecule has 0 aliphatic carbocycles. The zero-order valence-electron chi connectivity index (χ0n) is 20.8. The summed E-state index contributed by atoms with van der Waals surface area (Å²) in [6.45, 7) is 4.61. The number of nitrogens with zero attached hydrogens (tertiary/aromatic N) is 2. The standard InChI is InChI=1S/C28H38N2O5/c1-33-24-8-6-9-25(19-24)35-21-27(32)30-14-5-4-11-28(22-31)12-15-29(16-13-28)20-23-7-2-3-10-26(23)34-18-17-30/h2-3,6-10,19,31H,4-5,11-18,20-22H2,1H3. The fraction of sp³-hybridized carbons (Fsp3) is 0.536. The summed E-state index contributed by atoms with van der Waals surface area (Å²) in [5.41, 5.74) is 1.16. The van der Waals surface area contributed by atoms with E-state index < -0.39 is 0 Å². The highest BCUT2D eigenvalue weighted by Gasteiger charge is 2.34. The van der Waals surface area contributed by atoms with Crippen molar-refractivity contribution < 1.29 is 24.1 Å².